The zero-order valence-corrected chi connectivity index (χ0v) is 17.6. The van der Waals surface area contributed by atoms with Crippen molar-refractivity contribution in [1.29, 1.82) is 0 Å². The molecular formula is C25H26N4O2. The molecule has 2 aromatic carbocycles. The maximum Gasteiger partial charge on any atom is 0.253 e. The SMILES string of the molecule is Cc1ccccc1OCCCCn1c(CNC(=O)c2cccnc2)nc2ccccc21. The molecule has 1 amide bonds. The standard InChI is InChI=1S/C25H26N4O2/c1-19-9-2-5-13-23(19)31-16-7-6-15-29-22-12-4-3-11-21(22)28-24(29)18-27-25(30)20-10-8-14-26-17-20/h2-5,8-14,17H,6-7,15-16,18H2,1H3,(H,27,30). The van der Waals surface area contributed by atoms with Gasteiger partial charge in [0.05, 0.1) is 29.7 Å². The molecule has 0 saturated carbocycles. The van der Waals surface area contributed by atoms with Gasteiger partial charge in [0.1, 0.15) is 11.6 Å². The summed E-state index contributed by atoms with van der Waals surface area (Å²) < 4.78 is 8.10. The lowest BCUT2D eigenvalue weighted by Crippen LogP contribution is -2.25. The zero-order valence-electron chi connectivity index (χ0n) is 17.6. The van der Waals surface area contributed by atoms with Crippen molar-refractivity contribution >= 4 is 16.9 Å². The van der Waals surface area contributed by atoms with Crippen LogP contribution in [0.25, 0.3) is 11.0 Å². The fourth-order valence-electron chi connectivity index (χ4n) is 3.54. The molecule has 31 heavy (non-hydrogen) atoms. The second-order valence-corrected chi connectivity index (χ2v) is 7.41. The van der Waals surface area contributed by atoms with Gasteiger partial charge in [-0.25, -0.2) is 4.98 Å². The van der Waals surface area contributed by atoms with E-state index in [0.29, 0.717) is 18.7 Å². The highest BCUT2D eigenvalue weighted by Gasteiger charge is 2.12. The van der Waals surface area contributed by atoms with E-state index in [4.69, 9.17) is 9.72 Å². The van der Waals surface area contributed by atoms with Crippen molar-refractivity contribution in [2.45, 2.75) is 32.9 Å². The summed E-state index contributed by atoms with van der Waals surface area (Å²) in [6.45, 7) is 3.90. The fourth-order valence-corrected chi connectivity index (χ4v) is 3.54. The maximum atomic E-state index is 12.4. The molecule has 0 fully saturated rings. The molecule has 0 radical (unpaired) electrons. The van der Waals surface area contributed by atoms with Crippen molar-refractivity contribution in [2.24, 2.45) is 0 Å². The Labute approximate surface area is 181 Å². The van der Waals surface area contributed by atoms with E-state index in [2.05, 4.69) is 33.9 Å². The van der Waals surface area contributed by atoms with Crippen LogP contribution in [0.5, 0.6) is 5.75 Å². The van der Waals surface area contributed by atoms with E-state index in [1.54, 1.807) is 24.5 Å². The molecule has 0 unspecified atom stereocenters. The van der Waals surface area contributed by atoms with Crippen molar-refractivity contribution in [3.05, 3.63) is 90.0 Å². The number of hydrogen-bond acceptors (Lipinski definition) is 4. The van der Waals surface area contributed by atoms with Gasteiger partial charge in [-0.3, -0.25) is 9.78 Å². The van der Waals surface area contributed by atoms with Crippen LogP contribution in [0.15, 0.2) is 73.1 Å². The summed E-state index contributed by atoms with van der Waals surface area (Å²) in [5, 5.41) is 2.96. The molecule has 4 rings (SSSR count). The first kappa shape index (κ1) is 20.6. The van der Waals surface area contributed by atoms with E-state index < -0.39 is 0 Å². The van der Waals surface area contributed by atoms with Gasteiger partial charge in [-0.1, -0.05) is 30.3 Å². The number of aromatic nitrogens is 3. The summed E-state index contributed by atoms with van der Waals surface area (Å²) in [4.78, 5) is 21.1. The number of benzene rings is 2. The Kier molecular flexibility index (Phi) is 6.57. The number of para-hydroxylation sites is 3. The molecule has 2 heterocycles. The first-order chi connectivity index (χ1) is 15.2. The number of carbonyl (C=O) groups excluding carboxylic acids is 1. The molecule has 1 N–H and O–H groups in total. The Bertz CT molecular complexity index is 1150. The highest BCUT2D eigenvalue weighted by atomic mass is 16.5. The topological polar surface area (TPSA) is 69.0 Å². The number of nitrogens with zero attached hydrogens (tertiary/aromatic N) is 3. The van der Waals surface area contributed by atoms with Crippen molar-refractivity contribution < 1.29 is 9.53 Å². The minimum Gasteiger partial charge on any atom is -0.493 e. The van der Waals surface area contributed by atoms with Crippen LogP contribution < -0.4 is 10.1 Å². The number of carbonyl (C=O) groups is 1. The van der Waals surface area contributed by atoms with E-state index in [9.17, 15) is 4.79 Å². The molecule has 6 heteroatoms. The monoisotopic (exact) mass is 414 g/mol. The highest BCUT2D eigenvalue weighted by Crippen LogP contribution is 2.19. The van der Waals surface area contributed by atoms with Gasteiger partial charge < -0.3 is 14.6 Å². The Morgan fingerprint density at radius 2 is 1.87 bits per heavy atom. The number of ether oxygens (including phenoxy) is 1. The summed E-state index contributed by atoms with van der Waals surface area (Å²) >= 11 is 0. The third-order valence-corrected chi connectivity index (χ3v) is 5.19. The number of rotatable bonds is 9. The molecule has 0 aliphatic rings. The van der Waals surface area contributed by atoms with Crippen LogP contribution >= 0.6 is 0 Å². The lowest BCUT2D eigenvalue weighted by Gasteiger charge is -2.11. The second kappa shape index (κ2) is 9.89. The van der Waals surface area contributed by atoms with Gasteiger partial charge in [-0.05, 0) is 55.7 Å². The van der Waals surface area contributed by atoms with Gasteiger partial charge in [-0.2, -0.15) is 0 Å². The molecule has 4 aromatic rings. The van der Waals surface area contributed by atoms with E-state index in [1.165, 1.54) is 0 Å². The summed E-state index contributed by atoms with van der Waals surface area (Å²) in [5.74, 6) is 1.63. The van der Waals surface area contributed by atoms with E-state index in [-0.39, 0.29) is 5.91 Å². The molecule has 0 atom stereocenters. The number of pyridine rings is 1. The summed E-state index contributed by atoms with van der Waals surface area (Å²) in [5.41, 5.74) is 3.70. The average molecular weight is 415 g/mol. The summed E-state index contributed by atoms with van der Waals surface area (Å²) in [6, 6.07) is 19.6. The average Bonchev–Trinajstić information content (AvgIpc) is 3.16. The third kappa shape index (κ3) is 5.09. The van der Waals surface area contributed by atoms with Crippen molar-refractivity contribution in [3.8, 4) is 5.75 Å². The molecular weight excluding hydrogens is 388 g/mol. The molecule has 0 aliphatic heterocycles. The summed E-state index contributed by atoms with van der Waals surface area (Å²) in [7, 11) is 0. The quantitative estimate of drug-likeness (QED) is 0.409. The molecule has 2 aromatic heterocycles. The fraction of sp³-hybridized carbons (Fsp3) is 0.240. The van der Waals surface area contributed by atoms with Gasteiger partial charge in [-0.15, -0.1) is 0 Å². The molecule has 0 saturated heterocycles. The minimum atomic E-state index is -0.154. The number of imidazole rings is 1. The van der Waals surface area contributed by atoms with Crippen LogP contribution in [-0.2, 0) is 13.1 Å². The van der Waals surface area contributed by atoms with Gasteiger partial charge in [0.15, 0.2) is 0 Å². The normalized spacial score (nSPS) is 10.9. The predicted octanol–water partition coefficient (Wildman–Crippen LogP) is 4.53. The Hall–Kier alpha value is -3.67. The minimum absolute atomic E-state index is 0.154. The maximum absolute atomic E-state index is 12.4. The highest BCUT2D eigenvalue weighted by molar-refractivity contribution is 5.93. The number of fused-ring (bicyclic) bond motifs is 1. The van der Waals surface area contributed by atoms with Crippen LogP contribution in [0.3, 0.4) is 0 Å². The molecule has 0 aliphatic carbocycles. The van der Waals surface area contributed by atoms with Gasteiger partial charge >= 0.3 is 0 Å². The largest absolute Gasteiger partial charge is 0.493 e. The van der Waals surface area contributed by atoms with E-state index in [1.807, 2.05) is 36.4 Å². The zero-order chi connectivity index (χ0) is 21.5. The first-order valence-electron chi connectivity index (χ1n) is 10.5. The lowest BCUT2D eigenvalue weighted by atomic mass is 10.2. The van der Waals surface area contributed by atoms with Crippen molar-refractivity contribution in [1.82, 2.24) is 19.9 Å². The third-order valence-electron chi connectivity index (χ3n) is 5.19. The Morgan fingerprint density at radius 3 is 2.71 bits per heavy atom. The van der Waals surface area contributed by atoms with E-state index in [0.717, 1.165) is 47.6 Å². The van der Waals surface area contributed by atoms with Crippen LogP contribution in [0.2, 0.25) is 0 Å². The molecule has 0 spiro atoms. The lowest BCUT2D eigenvalue weighted by molar-refractivity contribution is 0.0949. The molecule has 158 valence electrons. The van der Waals surface area contributed by atoms with Crippen LogP contribution in [0.4, 0.5) is 0 Å². The Balaban J connectivity index is 1.38. The van der Waals surface area contributed by atoms with Gasteiger partial charge in [0.2, 0.25) is 0 Å². The molecule has 0 bridgehead atoms. The van der Waals surface area contributed by atoms with Gasteiger partial charge in [0.25, 0.3) is 5.91 Å². The molecule has 6 nitrogen and oxygen atoms in total. The van der Waals surface area contributed by atoms with Crippen LogP contribution in [0.1, 0.15) is 34.6 Å². The number of amides is 1. The number of nitrogens with one attached hydrogen (secondary N) is 1. The van der Waals surface area contributed by atoms with Gasteiger partial charge in [0, 0.05) is 18.9 Å². The number of hydrogen-bond donors (Lipinski definition) is 1. The summed E-state index contributed by atoms with van der Waals surface area (Å²) in [6.07, 6.45) is 5.10. The van der Waals surface area contributed by atoms with Crippen LogP contribution in [-0.4, -0.2) is 27.0 Å². The first-order valence-corrected chi connectivity index (χ1v) is 10.5. The van der Waals surface area contributed by atoms with Crippen molar-refractivity contribution in [2.75, 3.05) is 6.61 Å². The predicted molar refractivity (Wildman–Crippen MR) is 121 cm³/mol. The number of unbranched alkanes of at least 4 members (excludes halogenated alkanes) is 1. The number of aryl methyl sites for hydroxylation is 2. The second-order valence-electron chi connectivity index (χ2n) is 7.41. The van der Waals surface area contributed by atoms with E-state index >= 15 is 0 Å². The van der Waals surface area contributed by atoms with Crippen molar-refractivity contribution in [3.63, 3.8) is 0 Å². The Morgan fingerprint density at radius 1 is 1.03 bits per heavy atom. The van der Waals surface area contributed by atoms with Crippen LogP contribution in [0, 0.1) is 6.92 Å². The smallest absolute Gasteiger partial charge is 0.253 e.